The molecule has 0 amide bonds. The Kier molecular flexibility index (Phi) is 5.52. The van der Waals surface area contributed by atoms with E-state index in [2.05, 4.69) is 4.98 Å². The van der Waals surface area contributed by atoms with Gasteiger partial charge >= 0.3 is 12.1 Å². The van der Waals surface area contributed by atoms with E-state index < -0.39 is 23.6 Å². The van der Waals surface area contributed by atoms with Crippen LogP contribution in [0.5, 0.6) is 5.75 Å². The number of alkyl halides is 3. The average Bonchev–Trinajstić information content (AvgIpc) is 3.22. The highest BCUT2D eigenvalue weighted by molar-refractivity contribution is 6.31. The molecule has 4 rings (SSSR count). The van der Waals surface area contributed by atoms with Crippen molar-refractivity contribution in [2.24, 2.45) is 0 Å². The largest absolute Gasteiger partial charge is 0.451 e. The fourth-order valence-corrected chi connectivity index (χ4v) is 3.08. The number of benzene rings is 3. The van der Waals surface area contributed by atoms with E-state index in [1.54, 1.807) is 48.5 Å². The average molecular weight is 444 g/mol. The highest BCUT2D eigenvalue weighted by Gasteiger charge is 2.41. The van der Waals surface area contributed by atoms with Crippen molar-refractivity contribution in [1.29, 1.82) is 0 Å². The van der Waals surface area contributed by atoms with Crippen molar-refractivity contribution >= 4 is 17.6 Å². The molecule has 0 radical (unpaired) electrons. The maximum absolute atomic E-state index is 13.7. The van der Waals surface area contributed by atoms with Crippen LogP contribution in [0.15, 0.2) is 83.3 Å². The number of ether oxygens (including phenoxy) is 1. The molecule has 8 heteroatoms. The Bertz CT molecular complexity index is 1220. The third kappa shape index (κ3) is 4.46. The number of nitrogens with zero attached hydrogens (tertiary/aromatic N) is 1. The Morgan fingerprint density at radius 1 is 0.935 bits per heavy atom. The first-order chi connectivity index (χ1) is 14.8. The third-order valence-corrected chi connectivity index (χ3v) is 4.55. The summed E-state index contributed by atoms with van der Waals surface area (Å²) in [4.78, 5) is 16.5. The van der Waals surface area contributed by atoms with Crippen LogP contribution in [0, 0.1) is 0 Å². The van der Waals surface area contributed by atoms with Gasteiger partial charge in [0.15, 0.2) is 0 Å². The number of carbonyl (C=O) groups is 1. The van der Waals surface area contributed by atoms with Crippen LogP contribution in [-0.2, 0) is 6.18 Å². The first-order valence-corrected chi connectivity index (χ1v) is 9.41. The van der Waals surface area contributed by atoms with Crippen LogP contribution in [0.25, 0.3) is 22.7 Å². The number of oxazole rings is 1. The normalized spacial score (nSPS) is 11.4. The minimum atomic E-state index is -4.83. The molecular weight excluding hydrogens is 431 g/mol. The maximum Gasteiger partial charge on any atom is 0.451 e. The van der Waals surface area contributed by atoms with Gasteiger partial charge in [-0.25, -0.2) is 9.78 Å². The summed E-state index contributed by atoms with van der Waals surface area (Å²) in [6, 6.07) is 20.2. The minimum absolute atomic E-state index is 0.116. The van der Waals surface area contributed by atoms with E-state index in [1.165, 1.54) is 30.3 Å². The number of aromatic nitrogens is 1. The van der Waals surface area contributed by atoms with Gasteiger partial charge in [-0.05, 0) is 42.5 Å². The van der Waals surface area contributed by atoms with E-state index in [4.69, 9.17) is 20.8 Å². The van der Waals surface area contributed by atoms with E-state index in [-0.39, 0.29) is 27.8 Å². The van der Waals surface area contributed by atoms with Gasteiger partial charge in [0.25, 0.3) is 0 Å². The topological polar surface area (TPSA) is 52.3 Å². The Hall–Kier alpha value is -3.58. The lowest BCUT2D eigenvalue weighted by atomic mass is 10.1. The summed E-state index contributed by atoms with van der Waals surface area (Å²) in [5, 5.41) is 0.145. The SMILES string of the molecule is O=C(Oc1ccc(Cl)cc1-c1nc(-c2ccccc2)oc1C(F)(F)F)c1ccccc1. The van der Waals surface area contributed by atoms with E-state index in [1.807, 2.05) is 0 Å². The van der Waals surface area contributed by atoms with E-state index in [0.717, 1.165) is 0 Å². The zero-order chi connectivity index (χ0) is 22.0. The van der Waals surface area contributed by atoms with Crippen LogP contribution in [0.3, 0.4) is 0 Å². The molecule has 0 spiro atoms. The van der Waals surface area contributed by atoms with Crippen LogP contribution in [-0.4, -0.2) is 11.0 Å². The highest BCUT2D eigenvalue weighted by Crippen LogP contribution is 2.43. The number of carbonyl (C=O) groups excluding carboxylic acids is 1. The fourth-order valence-electron chi connectivity index (χ4n) is 2.91. The zero-order valence-electron chi connectivity index (χ0n) is 15.7. The Labute approximate surface area is 179 Å². The molecule has 3 aromatic carbocycles. The summed E-state index contributed by atoms with van der Waals surface area (Å²) in [6.45, 7) is 0. The molecule has 156 valence electrons. The van der Waals surface area contributed by atoms with Gasteiger partial charge in [0.1, 0.15) is 11.4 Å². The van der Waals surface area contributed by atoms with E-state index in [9.17, 15) is 18.0 Å². The van der Waals surface area contributed by atoms with Crippen molar-refractivity contribution < 1.29 is 27.1 Å². The predicted octanol–water partition coefficient (Wildman–Crippen LogP) is 6.90. The quantitative estimate of drug-likeness (QED) is 0.254. The summed E-state index contributed by atoms with van der Waals surface area (Å²) >= 11 is 6.03. The highest BCUT2D eigenvalue weighted by atomic mass is 35.5. The molecule has 0 unspecified atom stereocenters. The lowest BCUT2D eigenvalue weighted by Crippen LogP contribution is -2.10. The molecule has 0 N–H and O–H groups in total. The number of halogens is 4. The van der Waals surface area contributed by atoms with Crippen LogP contribution in [0.2, 0.25) is 5.02 Å². The molecule has 0 saturated heterocycles. The second-order valence-corrected chi connectivity index (χ2v) is 6.89. The standard InChI is InChI=1S/C23H13ClF3NO3/c24-16-11-12-18(30-22(29)15-9-5-2-6-10-15)17(13-16)19-20(23(25,26)27)31-21(28-19)14-7-3-1-4-8-14/h1-13H. The molecule has 4 aromatic rings. The second-order valence-electron chi connectivity index (χ2n) is 6.46. The van der Waals surface area contributed by atoms with Gasteiger partial charge in [-0.15, -0.1) is 0 Å². The van der Waals surface area contributed by atoms with Gasteiger partial charge in [0.2, 0.25) is 11.7 Å². The number of esters is 1. The Balaban J connectivity index is 1.83. The molecule has 4 nitrogen and oxygen atoms in total. The van der Waals surface area contributed by atoms with Crippen molar-refractivity contribution in [2.45, 2.75) is 6.18 Å². The summed E-state index contributed by atoms with van der Waals surface area (Å²) in [5.41, 5.74) is -0.0339. The molecule has 0 bridgehead atoms. The second kappa shape index (κ2) is 8.28. The number of hydrogen-bond donors (Lipinski definition) is 0. The van der Waals surface area contributed by atoms with Gasteiger partial charge in [-0.1, -0.05) is 48.0 Å². The number of hydrogen-bond acceptors (Lipinski definition) is 4. The molecule has 0 atom stereocenters. The monoisotopic (exact) mass is 443 g/mol. The number of rotatable bonds is 4. The minimum Gasteiger partial charge on any atom is -0.431 e. The van der Waals surface area contributed by atoms with Crippen molar-refractivity contribution in [3.8, 4) is 28.5 Å². The molecule has 1 aromatic heterocycles. The summed E-state index contributed by atoms with van der Waals surface area (Å²) in [7, 11) is 0. The van der Waals surface area contributed by atoms with Crippen molar-refractivity contribution in [3.05, 3.63) is 95.2 Å². The van der Waals surface area contributed by atoms with Gasteiger partial charge in [0.05, 0.1) is 5.56 Å². The third-order valence-electron chi connectivity index (χ3n) is 4.31. The van der Waals surface area contributed by atoms with Crippen LogP contribution < -0.4 is 4.74 Å². The predicted molar refractivity (Wildman–Crippen MR) is 109 cm³/mol. The summed E-state index contributed by atoms with van der Waals surface area (Å²) in [5.74, 6) is -2.39. The lowest BCUT2D eigenvalue weighted by Gasteiger charge is -2.11. The van der Waals surface area contributed by atoms with Gasteiger partial charge < -0.3 is 9.15 Å². The van der Waals surface area contributed by atoms with Crippen molar-refractivity contribution in [1.82, 2.24) is 4.98 Å². The smallest absolute Gasteiger partial charge is 0.431 e. The fraction of sp³-hybridized carbons (Fsp3) is 0.0435. The molecule has 0 aliphatic carbocycles. The van der Waals surface area contributed by atoms with Crippen LogP contribution in [0.4, 0.5) is 13.2 Å². The summed E-state index contributed by atoms with van der Waals surface area (Å²) in [6.07, 6.45) is -4.83. The first kappa shape index (κ1) is 20.7. The van der Waals surface area contributed by atoms with Crippen LogP contribution >= 0.6 is 11.6 Å². The molecule has 1 heterocycles. The molecule has 0 aliphatic heterocycles. The van der Waals surface area contributed by atoms with E-state index >= 15 is 0 Å². The molecule has 0 fully saturated rings. The first-order valence-electron chi connectivity index (χ1n) is 9.03. The van der Waals surface area contributed by atoms with Gasteiger partial charge in [-0.2, -0.15) is 13.2 Å². The van der Waals surface area contributed by atoms with Gasteiger partial charge in [0, 0.05) is 16.1 Å². The zero-order valence-corrected chi connectivity index (χ0v) is 16.4. The molecule has 31 heavy (non-hydrogen) atoms. The molecule has 0 aliphatic rings. The maximum atomic E-state index is 13.7. The lowest BCUT2D eigenvalue weighted by molar-refractivity contribution is -0.152. The van der Waals surface area contributed by atoms with Crippen LogP contribution in [0.1, 0.15) is 16.1 Å². The Morgan fingerprint density at radius 2 is 1.58 bits per heavy atom. The van der Waals surface area contributed by atoms with Crippen molar-refractivity contribution in [2.75, 3.05) is 0 Å². The molecular formula is C23H13ClF3NO3. The summed E-state index contributed by atoms with van der Waals surface area (Å²) < 4.78 is 51.7. The Morgan fingerprint density at radius 3 is 2.23 bits per heavy atom. The van der Waals surface area contributed by atoms with Crippen molar-refractivity contribution in [3.63, 3.8) is 0 Å². The van der Waals surface area contributed by atoms with Gasteiger partial charge in [-0.3, -0.25) is 0 Å². The molecule has 0 saturated carbocycles. The van der Waals surface area contributed by atoms with E-state index in [0.29, 0.717) is 5.56 Å².